The summed E-state index contributed by atoms with van der Waals surface area (Å²) >= 11 is 0. The van der Waals surface area contributed by atoms with Crippen LogP contribution in [0.4, 0.5) is 0 Å². The maximum absolute atomic E-state index is 12.8. The summed E-state index contributed by atoms with van der Waals surface area (Å²) in [6.45, 7) is 5.33. The van der Waals surface area contributed by atoms with Gasteiger partial charge < -0.3 is 20.3 Å². The lowest BCUT2D eigenvalue weighted by Crippen LogP contribution is -2.30. The standard InChI is InChI=1S/C27H36N4O3/c1-17-13-20(18(2)31(17)25-10-6-4-8-23(25)27(33)34)14-21(15-28)26(32)29-12-11-19-16-30-24-9-5-3-7-22(19)24/h13-14,23-25,30H,3-12,16H2,1-2H3,(H,29,32)(H,33,34)/b21-14-. The van der Waals surface area contributed by atoms with Crippen molar-refractivity contribution in [1.29, 1.82) is 5.26 Å². The molecule has 0 bridgehead atoms. The molecule has 3 aliphatic rings. The van der Waals surface area contributed by atoms with Gasteiger partial charge in [0.2, 0.25) is 0 Å². The van der Waals surface area contributed by atoms with Crippen molar-refractivity contribution in [3.05, 3.63) is 39.7 Å². The number of carbonyl (C=O) groups excluding carboxylic acids is 1. The van der Waals surface area contributed by atoms with E-state index in [1.165, 1.54) is 30.4 Å². The van der Waals surface area contributed by atoms with Gasteiger partial charge in [-0.05, 0) is 70.1 Å². The molecule has 1 aliphatic heterocycles. The van der Waals surface area contributed by atoms with Crippen molar-refractivity contribution in [2.45, 2.75) is 83.7 Å². The molecule has 7 heteroatoms. The first-order chi connectivity index (χ1) is 16.4. The number of rotatable bonds is 7. The number of aromatic nitrogens is 1. The lowest BCUT2D eigenvalue weighted by molar-refractivity contribution is -0.144. The summed E-state index contributed by atoms with van der Waals surface area (Å²) in [5, 5.41) is 25.9. The first kappa shape index (κ1) is 24.3. The van der Waals surface area contributed by atoms with E-state index in [1.54, 1.807) is 6.08 Å². The zero-order chi connectivity index (χ0) is 24.2. The monoisotopic (exact) mass is 464 g/mol. The van der Waals surface area contributed by atoms with Crippen molar-refractivity contribution in [1.82, 2.24) is 15.2 Å². The van der Waals surface area contributed by atoms with Crippen molar-refractivity contribution >= 4 is 18.0 Å². The topological polar surface area (TPSA) is 107 Å². The van der Waals surface area contributed by atoms with Gasteiger partial charge in [0, 0.05) is 36.6 Å². The number of carboxylic acids is 1. The zero-order valence-electron chi connectivity index (χ0n) is 20.3. The van der Waals surface area contributed by atoms with E-state index in [0.29, 0.717) is 19.0 Å². The molecule has 3 unspecified atom stereocenters. The molecule has 1 amide bonds. The van der Waals surface area contributed by atoms with Gasteiger partial charge in [0.1, 0.15) is 11.6 Å². The number of fused-ring (bicyclic) bond motifs is 1. The lowest BCUT2D eigenvalue weighted by atomic mass is 9.84. The van der Waals surface area contributed by atoms with Crippen molar-refractivity contribution in [2.24, 2.45) is 5.92 Å². The molecule has 0 spiro atoms. The molecule has 4 rings (SSSR count). The Morgan fingerprint density at radius 1 is 1.24 bits per heavy atom. The van der Waals surface area contributed by atoms with Crippen LogP contribution < -0.4 is 10.6 Å². The van der Waals surface area contributed by atoms with Crippen LogP contribution in [0.2, 0.25) is 0 Å². The molecule has 1 aromatic rings. The number of aliphatic carboxylic acids is 1. The number of hydrogen-bond acceptors (Lipinski definition) is 4. The Morgan fingerprint density at radius 3 is 2.76 bits per heavy atom. The van der Waals surface area contributed by atoms with Gasteiger partial charge in [-0.15, -0.1) is 0 Å². The average molecular weight is 465 g/mol. The number of carboxylic acid groups (broad SMARTS) is 1. The van der Waals surface area contributed by atoms with Gasteiger partial charge in [0.25, 0.3) is 5.91 Å². The van der Waals surface area contributed by atoms with Crippen molar-refractivity contribution in [3.63, 3.8) is 0 Å². The maximum Gasteiger partial charge on any atom is 0.308 e. The third-order valence-corrected chi connectivity index (χ3v) is 7.90. The molecule has 182 valence electrons. The van der Waals surface area contributed by atoms with E-state index in [9.17, 15) is 20.0 Å². The largest absolute Gasteiger partial charge is 0.481 e. The van der Waals surface area contributed by atoms with Crippen LogP contribution in [0.5, 0.6) is 0 Å². The number of aryl methyl sites for hydroxylation is 1. The predicted molar refractivity (Wildman–Crippen MR) is 131 cm³/mol. The minimum Gasteiger partial charge on any atom is -0.481 e. The van der Waals surface area contributed by atoms with E-state index in [1.807, 2.05) is 19.9 Å². The van der Waals surface area contributed by atoms with Gasteiger partial charge in [0.05, 0.1) is 5.92 Å². The zero-order valence-corrected chi connectivity index (χ0v) is 20.3. The highest BCUT2D eigenvalue weighted by Gasteiger charge is 2.33. The number of nitrogens with one attached hydrogen (secondary N) is 2. The Hall–Kier alpha value is -2.85. The third-order valence-electron chi connectivity index (χ3n) is 7.90. The van der Waals surface area contributed by atoms with Crippen molar-refractivity contribution in [3.8, 4) is 6.07 Å². The van der Waals surface area contributed by atoms with Crippen LogP contribution in [0.25, 0.3) is 6.08 Å². The molecule has 0 radical (unpaired) electrons. The highest BCUT2D eigenvalue weighted by Crippen LogP contribution is 2.37. The van der Waals surface area contributed by atoms with Gasteiger partial charge in [0.15, 0.2) is 0 Å². The summed E-state index contributed by atoms with van der Waals surface area (Å²) in [7, 11) is 0. The third kappa shape index (κ3) is 4.97. The second-order valence-electron chi connectivity index (χ2n) is 9.98. The molecular formula is C27H36N4O3. The number of nitriles is 1. The number of nitrogens with zero attached hydrogens (tertiary/aromatic N) is 2. The summed E-state index contributed by atoms with van der Waals surface area (Å²) in [5.41, 5.74) is 5.69. The van der Waals surface area contributed by atoms with Crippen LogP contribution in [0.1, 0.15) is 80.8 Å². The first-order valence-corrected chi connectivity index (χ1v) is 12.7. The number of amides is 1. The lowest BCUT2D eigenvalue weighted by Gasteiger charge is -2.32. The summed E-state index contributed by atoms with van der Waals surface area (Å²) in [6.07, 6.45) is 10.8. The second-order valence-corrected chi connectivity index (χ2v) is 9.98. The Kier molecular flexibility index (Phi) is 7.57. The fraction of sp³-hybridized carbons (Fsp3) is 0.593. The van der Waals surface area contributed by atoms with Crippen molar-refractivity contribution < 1.29 is 14.7 Å². The van der Waals surface area contributed by atoms with Crippen LogP contribution in [-0.4, -0.2) is 40.7 Å². The highest BCUT2D eigenvalue weighted by molar-refractivity contribution is 6.01. The highest BCUT2D eigenvalue weighted by atomic mass is 16.4. The van der Waals surface area contributed by atoms with Gasteiger partial charge in [-0.3, -0.25) is 9.59 Å². The van der Waals surface area contributed by atoms with Gasteiger partial charge >= 0.3 is 5.97 Å². The average Bonchev–Trinajstić information content (AvgIpc) is 3.37. The molecule has 0 saturated heterocycles. The molecular weight excluding hydrogens is 428 g/mol. The molecule has 2 fully saturated rings. The van der Waals surface area contributed by atoms with E-state index < -0.39 is 11.9 Å². The van der Waals surface area contributed by atoms with Crippen LogP contribution in [0, 0.1) is 31.1 Å². The van der Waals surface area contributed by atoms with E-state index in [4.69, 9.17) is 0 Å². The molecule has 1 aromatic heterocycles. The van der Waals surface area contributed by atoms with E-state index in [-0.39, 0.29) is 17.5 Å². The van der Waals surface area contributed by atoms with Crippen LogP contribution in [0.15, 0.2) is 22.8 Å². The summed E-state index contributed by atoms with van der Waals surface area (Å²) < 4.78 is 2.10. The minimum atomic E-state index is -0.751. The predicted octanol–water partition coefficient (Wildman–Crippen LogP) is 4.18. The summed E-state index contributed by atoms with van der Waals surface area (Å²) in [4.78, 5) is 24.6. The summed E-state index contributed by atoms with van der Waals surface area (Å²) in [6, 6.07) is 4.44. The molecule has 3 atom stereocenters. The van der Waals surface area contributed by atoms with Crippen LogP contribution in [-0.2, 0) is 9.59 Å². The Balaban J connectivity index is 1.45. The number of hydrogen-bond donors (Lipinski definition) is 3. The molecule has 34 heavy (non-hydrogen) atoms. The summed E-state index contributed by atoms with van der Waals surface area (Å²) in [5.74, 6) is -1.51. The van der Waals surface area contributed by atoms with Gasteiger partial charge in [-0.1, -0.05) is 30.4 Å². The first-order valence-electron chi connectivity index (χ1n) is 12.7. The fourth-order valence-electron chi connectivity index (χ4n) is 6.16. The van der Waals surface area contributed by atoms with E-state index in [0.717, 1.165) is 55.6 Å². The Morgan fingerprint density at radius 2 is 2.00 bits per heavy atom. The SMILES string of the molecule is Cc1cc(/C=C(/C#N)C(=O)NCCC2=C3CCCCC3NC2)c(C)n1C1CCCCC1C(=O)O. The quantitative estimate of drug-likeness (QED) is 0.319. The normalized spacial score (nSPS) is 25.1. The molecule has 0 aromatic carbocycles. The second kappa shape index (κ2) is 10.6. The van der Waals surface area contributed by atoms with Crippen molar-refractivity contribution in [2.75, 3.05) is 13.1 Å². The smallest absolute Gasteiger partial charge is 0.308 e. The van der Waals surface area contributed by atoms with Crippen LogP contribution >= 0.6 is 0 Å². The molecule has 2 heterocycles. The Labute approximate surface area is 201 Å². The number of carbonyl (C=O) groups is 2. The Bertz CT molecular complexity index is 1060. The minimum absolute atomic E-state index is 0.0800. The molecule has 3 N–H and O–H groups in total. The van der Waals surface area contributed by atoms with E-state index >= 15 is 0 Å². The van der Waals surface area contributed by atoms with Gasteiger partial charge in [-0.2, -0.15) is 5.26 Å². The molecule has 7 nitrogen and oxygen atoms in total. The molecule has 2 saturated carbocycles. The van der Waals surface area contributed by atoms with E-state index in [2.05, 4.69) is 21.3 Å². The van der Waals surface area contributed by atoms with Gasteiger partial charge in [-0.25, -0.2) is 0 Å². The van der Waals surface area contributed by atoms with Crippen LogP contribution in [0.3, 0.4) is 0 Å². The molecule has 2 aliphatic carbocycles. The fourth-order valence-corrected chi connectivity index (χ4v) is 6.16. The maximum atomic E-state index is 12.8.